The van der Waals surface area contributed by atoms with Gasteiger partial charge in [0.25, 0.3) is 0 Å². The molecule has 1 fully saturated rings. The van der Waals surface area contributed by atoms with Crippen LogP contribution in [0.2, 0.25) is 0 Å². The highest BCUT2D eigenvalue weighted by Gasteiger charge is 2.32. The minimum absolute atomic E-state index is 0.307. The van der Waals surface area contributed by atoms with E-state index < -0.39 is 12.1 Å². The van der Waals surface area contributed by atoms with Crippen LogP contribution in [-0.2, 0) is 0 Å². The molecule has 8 heteroatoms. The van der Waals surface area contributed by atoms with Gasteiger partial charge in [0.2, 0.25) is 0 Å². The van der Waals surface area contributed by atoms with Gasteiger partial charge in [-0.1, -0.05) is 18.2 Å². The molecule has 1 aromatic heterocycles. The first-order valence-electron chi connectivity index (χ1n) is 9.36. The number of hydrogen-bond acceptors (Lipinski definition) is 4. The van der Waals surface area contributed by atoms with E-state index in [1.54, 1.807) is 18.2 Å². The van der Waals surface area contributed by atoms with Crippen molar-refractivity contribution >= 4 is 16.7 Å². The normalized spacial score (nSPS) is 14.2. The van der Waals surface area contributed by atoms with Crippen LogP contribution in [0.5, 0.6) is 5.75 Å². The summed E-state index contributed by atoms with van der Waals surface area (Å²) in [7, 11) is 0. The van der Waals surface area contributed by atoms with Gasteiger partial charge in [-0.25, -0.2) is 4.79 Å². The Balaban J connectivity index is 1.96. The fourth-order valence-corrected chi connectivity index (χ4v) is 3.34. The molecule has 0 amide bonds. The molecule has 2 aromatic carbocycles. The molecule has 3 aromatic rings. The molecule has 152 valence electrons. The highest BCUT2D eigenvalue weighted by molar-refractivity contribution is 5.92. The van der Waals surface area contributed by atoms with Crippen LogP contribution in [-0.4, -0.2) is 22.5 Å². The predicted octanol–water partition coefficient (Wildman–Crippen LogP) is 4.72. The van der Waals surface area contributed by atoms with Crippen molar-refractivity contribution in [2.24, 2.45) is 5.92 Å². The first kappa shape index (κ1) is 19.3. The molecule has 0 atom stereocenters. The molecule has 0 spiro atoms. The summed E-state index contributed by atoms with van der Waals surface area (Å²) < 4.78 is 44.1. The Morgan fingerprint density at radius 2 is 1.90 bits per heavy atom. The second-order valence-electron chi connectivity index (χ2n) is 7.37. The molecule has 4 rings (SSSR count). The largest absolute Gasteiger partial charge is 0.573 e. The Morgan fingerprint density at radius 3 is 2.55 bits per heavy atom. The second kappa shape index (κ2) is 7.09. The van der Waals surface area contributed by atoms with Crippen molar-refractivity contribution in [2.45, 2.75) is 33.1 Å². The molecule has 1 saturated carbocycles. The smallest absolute Gasteiger partial charge is 0.405 e. The quantitative estimate of drug-likeness (QED) is 0.670. The van der Waals surface area contributed by atoms with Gasteiger partial charge in [-0.05, 0) is 55.9 Å². The lowest BCUT2D eigenvalue weighted by Crippen LogP contribution is -2.25. The van der Waals surface area contributed by atoms with Crippen LogP contribution in [0.1, 0.15) is 24.0 Å². The van der Waals surface area contributed by atoms with Gasteiger partial charge in [0, 0.05) is 18.0 Å². The second-order valence-corrected chi connectivity index (χ2v) is 7.37. The van der Waals surface area contributed by atoms with Gasteiger partial charge in [0.15, 0.2) is 0 Å². The molecule has 0 radical (unpaired) electrons. The maximum Gasteiger partial charge on any atom is 0.573 e. The van der Waals surface area contributed by atoms with Crippen LogP contribution < -0.4 is 15.7 Å². The number of benzene rings is 2. The third-order valence-electron chi connectivity index (χ3n) is 5.03. The minimum atomic E-state index is -4.83. The van der Waals surface area contributed by atoms with Gasteiger partial charge in [-0.15, -0.1) is 13.2 Å². The monoisotopic (exact) mass is 403 g/mol. The molecule has 0 bridgehead atoms. The maximum absolute atomic E-state index is 12.9. The Bertz CT molecular complexity index is 1130. The van der Waals surface area contributed by atoms with Gasteiger partial charge in [-0.3, -0.25) is 4.57 Å². The Morgan fingerprint density at radius 1 is 1.17 bits per heavy atom. The number of anilines is 1. The minimum Gasteiger partial charge on any atom is -0.405 e. The van der Waals surface area contributed by atoms with Crippen molar-refractivity contribution in [2.75, 3.05) is 11.9 Å². The van der Waals surface area contributed by atoms with E-state index in [1.807, 2.05) is 19.1 Å². The molecule has 0 saturated heterocycles. The molecular formula is C21H20F3N3O2. The Kier molecular flexibility index (Phi) is 4.72. The highest BCUT2D eigenvalue weighted by atomic mass is 19.4. The number of halogens is 3. The van der Waals surface area contributed by atoms with E-state index in [2.05, 4.69) is 15.0 Å². The zero-order valence-corrected chi connectivity index (χ0v) is 16.0. The molecule has 29 heavy (non-hydrogen) atoms. The number of alkyl halides is 3. The van der Waals surface area contributed by atoms with Crippen molar-refractivity contribution in [3.05, 3.63) is 58.0 Å². The van der Waals surface area contributed by atoms with Gasteiger partial charge < -0.3 is 10.1 Å². The number of fused-ring (bicyclic) bond motifs is 1. The van der Waals surface area contributed by atoms with Crippen molar-refractivity contribution in [3.63, 3.8) is 0 Å². The zero-order chi connectivity index (χ0) is 20.8. The van der Waals surface area contributed by atoms with E-state index in [4.69, 9.17) is 0 Å². The van der Waals surface area contributed by atoms with E-state index in [0.29, 0.717) is 40.4 Å². The number of nitrogens with zero attached hydrogens (tertiary/aromatic N) is 2. The van der Waals surface area contributed by atoms with Crippen molar-refractivity contribution in [3.8, 4) is 11.4 Å². The van der Waals surface area contributed by atoms with E-state index in [-0.39, 0.29) is 5.75 Å². The molecule has 5 nitrogen and oxygen atoms in total. The summed E-state index contributed by atoms with van der Waals surface area (Å²) in [6, 6.07) is 9.99. The summed E-state index contributed by atoms with van der Waals surface area (Å²) in [5, 5.41) is 3.76. The van der Waals surface area contributed by atoms with Gasteiger partial charge in [0.05, 0.1) is 11.2 Å². The van der Waals surface area contributed by atoms with Crippen molar-refractivity contribution < 1.29 is 17.9 Å². The number of nitrogens with one attached hydrogen (secondary N) is 1. The van der Waals surface area contributed by atoms with Gasteiger partial charge in [-0.2, -0.15) is 4.98 Å². The number of para-hydroxylation sites is 1. The van der Waals surface area contributed by atoms with Gasteiger partial charge >= 0.3 is 12.1 Å². The predicted molar refractivity (Wildman–Crippen MR) is 105 cm³/mol. The van der Waals surface area contributed by atoms with E-state index in [9.17, 15) is 18.0 Å². The average Bonchev–Trinajstić information content (AvgIpc) is 3.45. The first-order chi connectivity index (χ1) is 13.7. The summed E-state index contributed by atoms with van der Waals surface area (Å²) in [5.74, 6) is 0.578. The molecule has 1 N–H and O–H groups in total. The van der Waals surface area contributed by atoms with Crippen LogP contribution in [0.15, 0.2) is 41.2 Å². The third-order valence-corrected chi connectivity index (χ3v) is 5.03. The fourth-order valence-electron chi connectivity index (χ4n) is 3.34. The molecular weight excluding hydrogens is 383 g/mol. The number of ether oxygens (including phenoxy) is 1. The summed E-state index contributed by atoms with van der Waals surface area (Å²) in [6.07, 6.45) is -2.59. The lowest BCUT2D eigenvalue weighted by molar-refractivity contribution is -0.274. The van der Waals surface area contributed by atoms with Crippen molar-refractivity contribution in [1.82, 2.24) is 9.55 Å². The topological polar surface area (TPSA) is 56.2 Å². The summed E-state index contributed by atoms with van der Waals surface area (Å²) in [4.78, 5) is 17.1. The zero-order valence-electron chi connectivity index (χ0n) is 16.0. The fraction of sp³-hybridized carbons (Fsp3) is 0.333. The van der Waals surface area contributed by atoms with Crippen LogP contribution in [0, 0.1) is 19.8 Å². The summed E-state index contributed by atoms with van der Waals surface area (Å²) in [6.45, 7) is 4.04. The molecule has 0 aliphatic heterocycles. The van der Waals surface area contributed by atoms with Crippen LogP contribution in [0.4, 0.5) is 19.0 Å². The number of aryl methyl sites for hydroxylation is 2. The van der Waals surface area contributed by atoms with E-state index in [1.165, 1.54) is 17.6 Å². The summed E-state index contributed by atoms with van der Waals surface area (Å²) >= 11 is 0. The number of hydrogen-bond donors (Lipinski definition) is 1. The number of aromatic nitrogens is 2. The SMILES string of the molecule is Cc1cc2c(NCC3CC3)nc(=O)n(-c3ccccc3C)c2cc1OC(F)(F)F. The Labute approximate surface area is 165 Å². The van der Waals surface area contributed by atoms with Crippen molar-refractivity contribution in [1.29, 1.82) is 0 Å². The maximum atomic E-state index is 12.9. The molecule has 0 unspecified atom stereocenters. The Hall–Kier alpha value is -3.03. The molecule has 1 aliphatic carbocycles. The standard InChI is InChI=1S/C21H20F3N3O2/c1-12-5-3-4-6-16(12)27-17-10-18(29-21(22,23)24)13(2)9-15(17)19(26-20(27)28)25-11-14-7-8-14/h3-6,9-10,14H,7-8,11H2,1-2H3,(H,25,26,28). The lowest BCUT2D eigenvalue weighted by Gasteiger charge is -2.18. The first-order valence-corrected chi connectivity index (χ1v) is 9.36. The van der Waals surface area contributed by atoms with E-state index in [0.717, 1.165) is 18.4 Å². The summed E-state index contributed by atoms with van der Waals surface area (Å²) in [5.41, 5.74) is 1.41. The van der Waals surface area contributed by atoms with E-state index >= 15 is 0 Å². The molecule has 1 aliphatic rings. The number of rotatable bonds is 5. The van der Waals surface area contributed by atoms with Crippen LogP contribution >= 0.6 is 0 Å². The lowest BCUT2D eigenvalue weighted by atomic mass is 10.1. The van der Waals surface area contributed by atoms with Crippen LogP contribution in [0.25, 0.3) is 16.6 Å². The molecule has 1 heterocycles. The van der Waals surface area contributed by atoms with Gasteiger partial charge in [0.1, 0.15) is 11.6 Å². The highest BCUT2D eigenvalue weighted by Crippen LogP contribution is 2.34. The third kappa shape index (κ3) is 4.06. The average molecular weight is 403 g/mol. The van der Waals surface area contributed by atoms with Crippen LogP contribution in [0.3, 0.4) is 0 Å².